The summed E-state index contributed by atoms with van der Waals surface area (Å²) in [6, 6.07) is 11.6. The highest BCUT2D eigenvalue weighted by Crippen LogP contribution is 2.30. The maximum Gasteiger partial charge on any atom is 0.266 e. The molecule has 1 N–H and O–H groups in total. The van der Waals surface area contributed by atoms with Crippen molar-refractivity contribution in [2.24, 2.45) is 0 Å². The molecule has 2 aliphatic heterocycles. The van der Waals surface area contributed by atoms with E-state index in [1.165, 1.54) is 0 Å². The van der Waals surface area contributed by atoms with Gasteiger partial charge in [-0.15, -0.1) is 0 Å². The third-order valence-electron chi connectivity index (χ3n) is 5.30. The van der Waals surface area contributed by atoms with Gasteiger partial charge in [0, 0.05) is 31.2 Å². The van der Waals surface area contributed by atoms with E-state index in [0.717, 1.165) is 18.0 Å². The Kier molecular flexibility index (Phi) is 5.07. The van der Waals surface area contributed by atoms with Crippen molar-refractivity contribution in [3.63, 3.8) is 0 Å². The molecular weight excluding hydrogens is 370 g/mol. The minimum Gasteiger partial charge on any atom is -0.494 e. The van der Waals surface area contributed by atoms with Gasteiger partial charge in [0.05, 0.1) is 23.4 Å². The number of hydrogen-bond acceptors (Lipinski definition) is 5. The van der Waals surface area contributed by atoms with Crippen LogP contribution in [0.25, 0.3) is 0 Å². The normalized spacial score (nSPS) is 18.8. The van der Waals surface area contributed by atoms with Gasteiger partial charge in [0.25, 0.3) is 17.7 Å². The Morgan fingerprint density at radius 2 is 1.83 bits per heavy atom. The predicted octanol–water partition coefficient (Wildman–Crippen LogP) is 2.32. The number of nitrogens with zero attached hydrogens (tertiary/aromatic N) is 2. The molecular formula is C22H23N3O4. The number of fused-ring (bicyclic) bond motifs is 1. The minimum atomic E-state index is -0.419. The molecule has 1 saturated heterocycles. The number of carbonyl (C=O) groups excluding carboxylic acids is 3. The van der Waals surface area contributed by atoms with E-state index in [1.807, 2.05) is 13.8 Å². The second kappa shape index (κ2) is 7.67. The molecule has 7 nitrogen and oxygen atoms in total. The predicted molar refractivity (Wildman–Crippen MR) is 109 cm³/mol. The number of ether oxygens (including phenoxy) is 1. The van der Waals surface area contributed by atoms with Crippen LogP contribution in [0.5, 0.6) is 5.75 Å². The Hall–Kier alpha value is -3.19. The fourth-order valence-corrected chi connectivity index (χ4v) is 3.78. The first-order valence-electron chi connectivity index (χ1n) is 9.78. The maximum absolute atomic E-state index is 13.0. The van der Waals surface area contributed by atoms with Gasteiger partial charge >= 0.3 is 0 Å². The standard InChI is InChI=1S/C22H23N3O4/c1-3-29-17-7-5-16(6-8-17)25-21(27)18-9-4-15(12-19(18)22(25)28)20(26)24-11-10-23-13-14(24)2/h4-9,12,14,23H,3,10-11,13H2,1-2H3. The van der Waals surface area contributed by atoms with Gasteiger partial charge in [-0.25, -0.2) is 4.90 Å². The zero-order valence-corrected chi connectivity index (χ0v) is 16.5. The molecule has 150 valence electrons. The summed E-state index contributed by atoms with van der Waals surface area (Å²) in [4.78, 5) is 41.7. The van der Waals surface area contributed by atoms with Gasteiger partial charge in [0.1, 0.15) is 5.75 Å². The summed E-state index contributed by atoms with van der Waals surface area (Å²) in [6.07, 6.45) is 0. The summed E-state index contributed by atoms with van der Waals surface area (Å²) < 4.78 is 5.41. The first-order valence-corrected chi connectivity index (χ1v) is 9.78. The molecule has 2 aliphatic rings. The van der Waals surface area contributed by atoms with E-state index >= 15 is 0 Å². The van der Waals surface area contributed by atoms with E-state index < -0.39 is 5.91 Å². The van der Waals surface area contributed by atoms with Crippen LogP contribution in [0.15, 0.2) is 42.5 Å². The zero-order chi connectivity index (χ0) is 20.5. The minimum absolute atomic E-state index is 0.0715. The Bertz CT molecular complexity index is 971. The van der Waals surface area contributed by atoms with Crippen LogP contribution < -0.4 is 15.0 Å². The molecule has 29 heavy (non-hydrogen) atoms. The molecule has 2 aromatic carbocycles. The molecule has 0 bridgehead atoms. The Morgan fingerprint density at radius 3 is 2.52 bits per heavy atom. The molecule has 7 heteroatoms. The summed E-state index contributed by atoms with van der Waals surface area (Å²) in [7, 11) is 0. The number of benzene rings is 2. The molecule has 1 unspecified atom stereocenters. The average Bonchev–Trinajstić information content (AvgIpc) is 2.99. The van der Waals surface area contributed by atoms with Gasteiger partial charge in [0.2, 0.25) is 0 Å². The van der Waals surface area contributed by atoms with Crippen molar-refractivity contribution in [1.29, 1.82) is 0 Å². The number of carbonyl (C=O) groups is 3. The molecule has 4 rings (SSSR count). The van der Waals surface area contributed by atoms with Gasteiger partial charge in [-0.2, -0.15) is 0 Å². The molecule has 0 spiro atoms. The fourth-order valence-electron chi connectivity index (χ4n) is 3.78. The lowest BCUT2D eigenvalue weighted by molar-refractivity contribution is 0.0655. The average molecular weight is 393 g/mol. The number of amides is 3. The van der Waals surface area contributed by atoms with E-state index in [4.69, 9.17) is 4.74 Å². The lowest BCUT2D eigenvalue weighted by Crippen LogP contribution is -2.52. The van der Waals surface area contributed by atoms with Crippen molar-refractivity contribution < 1.29 is 19.1 Å². The van der Waals surface area contributed by atoms with Crippen LogP contribution in [-0.2, 0) is 0 Å². The van der Waals surface area contributed by atoms with E-state index in [0.29, 0.717) is 35.7 Å². The highest BCUT2D eigenvalue weighted by atomic mass is 16.5. The number of rotatable bonds is 4. The van der Waals surface area contributed by atoms with Gasteiger partial charge < -0.3 is 15.0 Å². The fraction of sp³-hybridized carbons (Fsp3) is 0.318. The van der Waals surface area contributed by atoms with E-state index in [2.05, 4.69) is 5.32 Å². The molecule has 0 saturated carbocycles. The van der Waals surface area contributed by atoms with Crippen LogP contribution in [0.3, 0.4) is 0 Å². The second-order valence-corrected chi connectivity index (χ2v) is 7.18. The third kappa shape index (κ3) is 3.38. The largest absolute Gasteiger partial charge is 0.494 e. The molecule has 0 aliphatic carbocycles. The summed E-state index contributed by atoms with van der Waals surface area (Å²) in [5, 5.41) is 3.25. The lowest BCUT2D eigenvalue weighted by atomic mass is 10.0. The number of anilines is 1. The van der Waals surface area contributed by atoms with Gasteiger partial charge in [-0.1, -0.05) is 0 Å². The smallest absolute Gasteiger partial charge is 0.266 e. The van der Waals surface area contributed by atoms with Crippen LogP contribution in [0, 0.1) is 0 Å². The zero-order valence-electron chi connectivity index (χ0n) is 16.5. The highest BCUT2D eigenvalue weighted by molar-refractivity contribution is 6.34. The van der Waals surface area contributed by atoms with Crippen LogP contribution in [0.1, 0.15) is 44.9 Å². The summed E-state index contributed by atoms with van der Waals surface area (Å²) >= 11 is 0. The third-order valence-corrected chi connectivity index (χ3v) is 5.30. The van der Waals surface area contributed by atoms with Crippen LogP contribution in [0.2, 0.25) is 0 Å². The molecule has 1 atom stereocenters. The van der Waals surface area contributed by atoms with Gasteiger partial charge in [-0.3, -0.25) is 14.4 Å². The van der Waals surface area contributed by atoms with Crippen LogP contribution in [-0.4, -0.2) is 54.9 Å². The number of hydrogen-bond donors (Lipinski definition) is 1. The molecule has 1 fully saturated rings. The molecule has 2 aromatic rings. The van der Waals surface area contributed by atoms with Crippen molar-refractivity contribution in [2.45, 2.75) is 19.9 Å². The first-order chi connectivity index (χ1) is 14.0. The Labute approximate surface area is 169 Å². The SMILES string of the molecule is CCOc1ccc(N2C(=O)c3ccc(C(=O)N4CCNCC4C)cc3C2=O)cc1. The van der Waals surface area contributed by atoms with E-state index in [9.17, 15) is 14.4 Å². The summed E-state index contributed by atoms with van der Waals surface area (Å²) in [5.74, 6) is -0.256. The summed E-state index contributed by atoms with van der Waals surface area (Å²) in [6.45, 7) is 6.50. The number of nitrogens with one attached hydrogen (secondary N) is 1. The van der Waals surface area contributed by atoms with Crippen molar-refractivity contribution in [1.82, 2.24) is 10.2 Å². The quantitative estimate of drug-likeness (QED) is 0.807. The van der Waals surface area contributed by atoms with E-state index in [-0.39, 0.29) is 23.4 Å². The molecule has 0 radical (unpaired) electrons. The maximum atomic E-state index is 13.0. The second-order valence-electron chi connectivity index (χ2n) is 7.18. The Balaban J connectivity index is 1.61. The summed E-state index contributed by atoms with van der Waals surface area (Å²) in [5.41, 5.74) is 1.47. The highest BCUT2D eigenvalue weighted by Gasteiger charge is 2.37. The van der Waals surface area contributed by atoms with Crippen molar-refractivity contribution >= 4 is 23.4 Å². The van der Waals surface area contributed by atoms with Crippen molar-refractivity contribution in [3.8, 4) is 5.75 Å². The van der Waals surface area contributed by atoms with E-state index in [1.54, 1.807) is 47.4 Å². The Morgan fingerprint density at radius 1 is 1.10 bits per heavy atom. The molecule has 0 aromatic heterocycles. The van der Waals surface area contributed by atoms with Gasteiger partial charge in [-0.05, 0) is 56.3 Å². The number of piperazine rings is 1. The van der Waals surface area contributed by atoms with Crippen LogP contribution >= 0.6 is 0 Å². The van der Waals surface area contributed by atoms with Crippen molar-refractivity contribution in [3.05, 3.63) is 59.2 Å². The van der Waals surface area contributed by atoms with Crippen LogP contribution in [0.4, 0.5) is 5.69 Å². The number of imide groups is 1. The lowest BCUT2D eigenvalue weighted by Gasteiger charge is -2.34. The molecule has 2 heterocycles. The van der Waals surface area contributed by atoms with Crippen molar-refractivity contribution in [2.75, 3.05) is 31.1 Å². The molecule has 3 amide bonds. The first kappa shape index (κ1) is 19.1. The van der Waals surface area contributed by atoms with Gasteiger partial charge in [0.15, 0.2) is 0 Å². The topological polar surface area (TPSA) is 79.0 Å². The monoisotopic (exact) mass is 393 g/mol.